The molecule has 0 aliphatic carbocycles. The molecule has 0 N–H and O–H groups in total. The van der Waals surface area contributed by atoms with Gasteiger partial charge in [-0.05, 0) is 18.4 Å². The minimum Gasteiger partial charge on any atom is -0.356 e. The van der Waals surface area contributed by atoms with E-state index in [1.54, 1.807) is 18.8 Å². The van der Waals surface area contributed by atoms with Crippen molar-refractivity contribution in [1.29, 1.82) is 0 Å². The monoisotopic (exact) mass is 309 g/mol. The summed E-state index contributed by atoms with van der Waals surface area (Å²) in [5.41, 5.74) is 1.78. The largest absolute Gasteiger partial charge is 0.356 e. The maximum atomic E-state index is 5.98. The summed E-state index contributed by atoms with van der Waals surface area (Å²) in [6.07, 6.45) is 2.00. The van der Waals surface area contributed by atoms with Crippen molar-refractivity contribution in [3.8, 4) is 11.3 Å². The quantitative estimate of drug-likeness (QED) is 0.639. The van der Waals surface area contributed by atoms with E-state index in [1.807, 2.05) is 48.5 Å². The smallest absolute Gasteiger partial charge is 0.167 e. The standard InChI is InChI=1S/C14H16ClN3OS/c1-16-14(20-3)18(2)9-12-8-13(19-17-12)10-5-4-6-11(15)7-10/h4-8H,9H2,1-3H3/b16-14-. The van der Waals surface area contributed by atoms with Crippen molar-refractivity contribution in [1.82, 2.24) is 10.1 Å². The van der Waals surface area contributed by atoms with Crippen LogP contribution in [0.15, 0.2) is 39.8 Å². The molecular weight excluding hydrogens is 294 g/mol. The lowest BCUT2D eigenvalue weighted by Crippen LogP contribution is -2.23. The van der Waals surface area contributed by atoms with E-state index in [0.717, 1.165) is 22.2 Å². The first-order valence-corrected chi connectivity index (χ1v) is 7.67. The normalized spacial score (nSPS) is 11.7. The molecule has 0 spiro atoms. The molecule has 0 bridgehead atoms. The van der Waals surface area contributed by atoms with Gasteiger partial charge in [-0.25, -0.2) is 0 Å². The van der Waals surface area contributed by atoms with Crippen LogP contribution in [0, 0.1) is 0 Å². The number of aliphatic imine (C=N–C) groups is 1. The van der Waals surface area contributed by atoms with E-state index < -0.39 is 0 Å². The van der Waals surface area contributed by atoms with Crippen molar-refractivity contribution in [2.45, 2.75) is 6.54 Å². The Labute approximate surface area is 127 Å². The highest BCUT2D eigenvalue weighted by molar-refractivity contribution is 8.13. The van der Waals surface area contributed by atoms with Crippen LogP contribution in [0.3, 0.4) is 0 Å². The molecule has 0 radical (unpaired) electrons. The summed E-state index contributed by atoms with van der Waals surface area (Å²) in [6, 6.07) is 9.45. The summed E-state index contributed by atoms with van der Waals surface area (Å²) in [5, 5.41) is 5.73. The van der Waals surface area contributed by atoms with Gasteiger partial charge in [-0.1, -0.05) is 40.7 Å². The van der Waals surface area contributed by atoms with E-state index in [9.17, 15) is 0 Å². The predicted octanol–water partition coefficient (Wildman–Crippen LogP) is 3.78. The number of amidine groups is 1. The molecule has 6 heteroatoms. The van der Waals surface area contributed by atoms with Gasteiger partial charge in [-0.3, -0.25) is 4.99 Å². The van der Waals surface area contributed by atoms with E-state index in [4.69, 9.17) is 16.1 Å². The van der Waals surface area contributed by atoms with Crippen LogP contribution in [-0.4, -0.2) is 35.6 Å². The van der Waals surface area contributed by atoms with E-state index in [2.05, 4.69) is 10.1 Å². The molecule has 0 unspecified atom stereocenters. The fourth-order valence-electron chi connectivity index (χ4n) is 1.89. The average molecular weight is 310 g/mol. The van der Waals surface area contributed by atoms with Crippen molar-refractivity contribution in [3.05, 3.63) is 41.0 Å². The summed E-state index contributed by atoms with van der Waals surface area (Å²) in [4.78, 5) is 6.24. The Morgan fingerprint density at radius 1 is 1.45 bits per heavy atom. The number of rotatable bonds is 3. The number of nitrogens with zero attached hydrogens (tertiary/aromatic N) is 3. The van der Waals surface area contributed by atoms with Gasteiger partial charge in [0.1, 0.15) is 5.69 Å². The summed E-state index contributed by atoms with van der Waals surface area (Å²) >= 11 is 7.58. The molecular formula is C14H16ClN3OS. The van der Waals surface area contributed by atoms with Crippen LogP contribution in [0.2, 0.25) is 5.02 Å². The molecule has 106 valence electrons. The molecule has 0 saturated carbocycles. The zero-order valence-corrected chi connectivity index (χ0v) is 13.2. The van der Waals surface area contributed by atoms with Gasteiger partial charge in [0.05, 0.1) is 6.54 Å². The van der Waals surface area contributed by atoms with Crippen molar-refractivity contribution in [3.63, 3.8) is 0 Å². The Morgan fingerprint density at radius 2 is 2.25 bits per heavy atom. The van der Waals surface area contributed by atoms with Crippen LogP contribution in [0.5, 0.6) is 0 Å². The van der Waals surface area contributed by atoms with Crippen LogP contribution in [-0.2, 0) is 6.54 Å². The topological polar surface area (TPSA) is 41.6 Å². The van der Waals surface area contributed by atoms with Crippen LogP contribution in [0.1, 0.15) is 5.69 Å². The minimum atomic E-state index is 0.650. The Kier molecular flexibility index (Phi) is 5.09. The number of thioether (sulfide) groups is 1. The third-order valence-electron chi connectivity index (χ3n) is 2.77. The first-order valence-electron chi connectivity index (χ1n) is 6.07. The fourth-order valence-corrected chi connectivity index (χ4v) is 2.64. The Morgan fingerprint density at radius 3 is 2.90 bits per heavy atom. The fraction of sp³-hybridized carbons (Fsp3) is 0.286. The molecule has 0 aliphatic heterocycles. The van der Waals surface area contributed by atoms with Crippen molar-refractivity contribution in [2.75, 3.05) is 20.4 Å². The third kappa shape index (κ3) is 3.55. The van der Waals surface area contributed by atoms with Gasteiger partial charge < -0.3 is 9.42 Å². The molecule has 20 heavy (non-hydrogen) atoms. The summed E-state index contributed by atoms with van der Waals surface area (Å²) < 4.78 is 5.37. The Balaban J connectivity index is 2.13. The van der Waals surface area contributed by atoms with Crippen LogP contribution in [0.25, 0.3) is 11.3 Å². The van der Waals surface area contributed by atoms with Gasteiger partial charge in [0.15, 0.2) is 10.9 Å². The number of benzene rings is 1. The first-order chi connectivity index (χ1) is 9.63. The molecule has 4 nitrogen and oxygen atoms in total. The molecule has 1 aromatic carbocycles. The lowest BCUT2D eigenvalue weighted by molar-refractivity contribution is 0.405. The van der Waals surface area contributed by atoms with E-state index >= 15 is 0 Å². The molecule has 1 heterocycles. The second-order valence-corrected chi connectivity index (χ2v) is 5.47. The van der Waals surface area contributed by atoms with Gasteiger partial charge in [0.2, 0.25) is 0 Å². The maximum absolute atomic E-state index is 5.98. The van der Waals surface area contributed by atoms with Crippen molar-refractivity contribution in [2.24, 2.45) is 4.99 Å². The van der Waals surface area contributed by atoms with Crippen LogP contribution in [0.4, 0.5) is 0 Å². The molecule has 2 aromatic rings. The van der Waals surface area contributed by atoms with Crippen molar-refractivity contribution >= 4 is 28.5 Å². The molecule has 2 rings (SSSR count). The zero-order chi connectivity index (χ0) is 14.5. The van der Waals surface area contributed by atoms with Crippen LogP contribution < -0.4 is 0 Å². The van der Waals surface area contributed by atoms with Gasteiger partial charge in [0.25, 0.3) is 0 Å². The molecule has 0 atom stereocenters. The van der Waals surface area contributed by atoms with E-state index in [0.29, 0.717) is 11.6 Å². The van der Waals surface area contributed by atoms with E-state index in [-0.39, 0.29) is 0 Å². The molecule has 0 amide bonds. The summed E-state index contributed by atoms with van der Waals surface area (Å²) in [7, 11) is 3.76. The lowest BCUT2D eigenvalue weighted by atomic mass is 10.1. The second kappa shape index (κ2) is 6.81. The number of aromatic nitrogens is 1. The predicted molar refractivity (Wildman–Crippen MR) is 85.3 cm³/mol. The lowest BCUT2D eigenvalue weighted by Gasteiger charge is -2.17. The van der Waals surface area contributed by atoms with Gasteiger partial charge in [-0.2, -0.15) is 0 Å². The van der Waals surface area contributed by atoms with Gasteiger partial charge >= 0.3 is 0 Å². The van der Waals surface area contributed by atoms with E-state index in [1.165, 1.54) is 0 Å². The summed E-state index contributed by atoms with van der Waals surface area (Å²) in [5.74, 6) is 0.718. The number of hydrogen-bond donors (Lipinski definition) is 0. The third-order valence-corrected chi connectivity index (χ3v) is 3.86. The number of hydrogen-bond acceptors (Lipinski definition) is 4. The maximum Gasteiger partial charge on any atom is 0.167 e. The van der Waals surface area contributed by atoms with Crippen molar-refractivity contribution < 1.29 is 4.52 Å². The zero-order valence-electron chi connectivity index (χ0n) is 11.6. The highest BCUT2D eigenvalue weighted by Gasteiger charge is 2.11. The minimum absolute atomic E-state index is 0.650. The highest BCUT2D eigenvalue weighted by atomic mass is 35.5. The molecule has 0 fully saturated rings. The Bertz CT molecular complexity index is 612. The van der Waals surface area contributed by atoms with Gasteiger partial charge in [-0.15, -0.1) is 0 Å². The molecule has 0 aliphatic rings. The number of halogens is 1. The van der Waals surface area contributed by atoms with Crippen LogP contribution >= 0.6 is 23.4 Å². The molecule has 0 saturated heterocycles. The SMILES string of the molecule is C/N=C(\SC)N(C)Cc1cc(-c2cccc(Cl)c2)on1. The second-order valence-electron chi connectivity index (χ2n) is 4.26. The highest BCUT2D eigenvalue weighted by Crippen LogP contribution is 2.23. The molecule has 1 aromatic heterocycles. The average Bonchev–Trinajstić information content (AvgIpc) is 2.88. The Hall–Kier alpha value is -1.46. The first kappa shape index (κ1) is 14.9. The summed E-state index contributed by atoms with van der Waals surface area (Å²) in [6.45, 7) is 0.650. The van der Waals surface area contributed by atoms with Gasteiger partial charge in [0, 0.05) is 30.7 Å².